The van der Waals surface area contributed by atoms with Crippen LogP contribution in [-0.4, -0.2) is 27.5 Å². The number of phenolic OH excluding ortho intramolecular Hbond substituents is 1. The largest absolute Gasteiger partial charge is 0.503 e. The number of thiazole rings is 1. The van der Waals surface area contributed by atoms with E-state index in [1.165, 1.54) is 22.8 Å². The quantitative estimate of drug-likeness (QED) is 0.520. The Hall–Kier alpha value is -3.36. The van der Waals surface area contributed by atoms with Gasteiger partial charge in [-0.2, -0.15) is 0 Å². The number of rotatable bonds is 4. The highest BCUT2D eigenvalue weighted by molar-refractivity contribution is 7.15. The van der Waals surface area contributed by atoms with Gasteiger partial charge in [0.2, 0.25) is 5.91 Å². The van der Waals surface area contributed by atoms with E-state index < -0.39 is 5.91 Å². The molecule has 3 N–H and O–H groups in total. The summed E-state index contributed by atoms with van der Waals surface area (Å²) in [6.07, 6.45) is 3.31. The van der Waals surface area contributed by atoms with Crippen molar-refractivity contribution in [3.05, 3.63) is 73.6 Å². The highest BCUT2D eigenvalue weighted by Crippen LogP contribution is 2.35. The number of aromatic nitrogens is 2. The molecule has 0 unspecified atom stereocenters. The molecule has 2 aromatic heterocycles. The van der Waals surface area contributed by atoms with Gasteiger partial charge in [-0.25, -0.2) is 4.98 Å². The van der Waals surface area contributed by atoms with Crippen LogP contribution in [0.3, 0.4) is 0 Å². The molecule has 146 valence electrons. The van der Waals surface area contributed by atoms with E-state index in [9.17, 15) is 14.7 Å². The summed E-state index contributed by atoms with van der Waals surface area (Å²) in [6.45, 7) is 0. The third kappa shape index (κ3) is 3.43. The third-order valence-electron chi connectivity index (χ3n) is 4.34. The molecule has 0 spiro atoms. The summed E-state index contributed by atoms with van der Waals surface area (Å²) in [5.41, 5.74) is 7.44. The van der Waals surface area contributed by atoms with Crippen LogP contribution in [0, 0.1) is 0 Å². The number of amides is 1. The lowest BCUT2D eigenvalue weighted by molar-refractivity contribution is 0.100. The molecule has 7 nitrogen and oxygen atoms in total. The molecule has 2 aromatic carbocycles. The molecule has 2 heterocycles. The molecule has 29 heavy (non-hydrogen) atoms. The zero-order valence-corrected chi connectivity index (χ0v) is 16.6. The first kappa shape index (κ1) is 19.0. The van der Waals surface area contributed by atoms with Gasteiger partial charge in [0.15, 0.2) is 16.5 Å². The van der Waals surface area contributed by atoms with Crippen LogP contribution in [0.25, 0.3) is 22.3 Å². The Morgan fingerprint density at radius 1 is 1.31 bits per heavy atom. The minimum absolute atomic E-state index is 0.131. The second-order valence-corrected chi connectivity index (χ2v) is 7.61. The minimum Gasteiger partial charge on any atom is -0.503 e. The van der Waals surface area contributed by atoms with E-state index in [4.69, 9.17) is 22.1 Å². The van der Waals surface area contributed by atoms with Crippen LogP contribution >= 0.6 is 22.9 Å². The van der Waals surface area contributed by atoms with Crippen LogP contribution < -0.4 is 20.6 Å². The lowest BCUT2D eigenvalue weighted by atomic mass is 10.1. The molecule has 1 amide bonds. The number of primary amides is 1. The van der Waals surface area contributed by atoms with Gasteiger partial charge in [-0.3, -0.25) is 14.0 Å². The number of halogens is 1. The summed E-state index contributed by atoms with van der Waals surface area (Å²) in [5, 5.41) is 9.97. The lowest BCUT2D eigenvalue weighted by Gasteiger charge is -2.05. The van der Waals surface area contributed by atoms with Crippen molar-refractivity contribution >= 4 is 39.9 Å². The number of hydrogen-bond acceptors (Lipinski definition) is 6. The Balaban J connectivity index is 1.76. The Labute approximate surface area is 173 Å². The summed E-state index contributed by atoms with van der Waals surface area (Å²) < 4.78 is 7.02. The number of phenols is 1. The topological polar surface area (TPSA) is 107 Å². The van der Waals surface area contributed by atoms with Gasteiger partial charge in [0.05, 0.1) is 22.4 Å². The number of carbonyl (C=O) groups excluding carboxylic acids is 1. The van der Waals surface area contributed by atoms with E-state index >= 15 is 0 Å². The van der Waals surface area contributed by atoms with Crippen molar-refractivity contribution in [1.29, 1.82) is 0 Å². The summed E-state index contributed by atoms with van der Waals surface area (Å²) >= 11 is 7.24. The van der Waals surface area contributed by atoms with Crippen molar-refractivity contribution in [2.75, 3.05) is 7.11 Å². The van der Waals surface area contributed by atoms with Gasteiger partial charge in [-0.15, -0.1) is 0 Å². The first-order valence-electron chi connectivity index (χ1n) is 8.37. The molecule has 0 aliphatic heterocycles. The molecule has 0 atom stereocenters. The maximum absolute atomic E-state index is 12.8. The molecule has 4 aromatic rings. The number of methoxy groups -OCH3 is 1. The van der Waals surface area contributed by atoms with E-state index in [0.717, 1.165) is 5.56 Å². The zero-order valence-electron chi connectivity index (χ0n) is 15.0. The number of imidazole rings is 1. The molecular weight excluding hydrogens is 414 g/mol. The molecule has 0 saturated heterocycles. The molecule has 9 heteroatoms. The van der Waals surface area contributed by atoms with Gasteiger partial charge in [0.25, 0.3) is 5.56 Å². The smallest absolute Gasteiger partial charge is 0.274 e. The van der Waals surface area contributed by atoms with Crippen LogP contribution in [0.15, 0.2) is 47.4 Å². The molecule has 0 bridgehead atoms. The summed E-state index contributed by atoms with van der Waals surface area (Å²) in [5.74, 6) is -0.434. The predicted molar refractivity (Wildman–Crippen MR) is 112 cm³/mol. The van der Waals surface area contributed by atoms with Gasteiger partial charge in [-0.05, 0) is 35.9 Å². The Kier molecular flexibility index (Phi) is 4.73. The van der Waals surface area contributed by atoms with Crippen LogP contribution in [0.5, 0.6) is 11.5 Å². The van der Waals surface area contributed by atoms with E-state index in [1.54, 1.807) is 48.7 Å². The first-order valence-corrected chi connectivity index (χ1v) is 9.57. The Morgan fingerprint density at radius 3 is 2.66 bits per heavy atom. The van der Waals surface area contributed by atoms with Gasteiger partial charge in [0.1, 0.15) is 0 Å². The summed E-state index contributed by atoms with van der Waals surface area (Å²) in [7, 11) is 1.42. The van der Waals surface area contributed by atoms with Gasteiger partial charge < -0.3 is 15.6 Å². The maximum Gasteiger partial charge on any atom is 0.274 e. The normalized spacial score (nSPS) is 11.9. The lowest BCUT2D eigenvalue weighted by Crippen LogP contribution is -2.22. The number of nitrogens with two attached hydrogens (primary N) is 1. The number of carbonyl (C=O) groups is 1. The van der Waals surface area contributed by atoms with E-state index in [0.29, 0.717) is 26.3 Å². The van der Waals surface area contributed by atoms with Crippen LogP contribution in [0.4, 0.5) is 0 Å². The molecule has 0 fully saturated rings. The summed E-state index contributed by atoms with van der Waals surface area (Å²) in [6, 6.07) is 9.83. The van der Waals surface area contributed by atoms with Crippen molar-refractivity contribution in [1.82, 2.24) is 9.38 Å². The fourth-order valence-electron chi connectivity index (χ4n) is 2.86. The van der Waals surface area contributed by atoms with Gasteiger partial charge in [-0.1, -0.05) is 35.1 Å². The number of hydrogen-bond donors (Lipinski definition) is 2. The monoisotopic (exact) mass is 427 g/mol. The molecule has 0 saturated carbocycles. The third-order valence-corrected chi connectivity index (χ3v) is 5.61. The van der Waals surface area contributed by atoms with Crippen LogP contribution in [0.2, 0.25) is 5.02 Å². The van der Waals surface area contributed by atoms with E-state index in [1.807, 2.05) is 0 Å². The van der Waals surface area contributed by atoms with E-state index in [-0.39, 0.29) is 22.1 Å². The Bertz CT molecular complexity index is 1360. The van der Waals surface area contributed by atoms with Crippen molar-refractivity contribution in [2.45, 2.75) is 0 Å². The van der Waals surface area contributed by atoms with Crippen LogP contribution in [-0.2, 0) is 0 Å². The SMILES string of the molecule is COc1cc(/C=c2\sc3nc(-c4ccc(C(N)=O)cc4)cn3c2=O)cc(Cl)c1O. The second kappa shape index (κ2) is 7.23. The molecular formula is C20H14ClN3O4S. The fourth-order valence-corrected chi connectivity index (χ4v) is 4.04. The highest BCUT2D eigenvalue weighted by atomic mass is 35.5. The number of aromatic hydroxyl groups is 1. The maximum atomic E-state index is 12.8. The molecule has 0 aliphatic rings. The average molecular weight is 428 g/mol. The number of nitrogens with zero attached hydrogens (tertiary/aromatic N) is 2. The van der Waals surface area contributed by atoms with Crippen molar-refractivity contribution in [3.63, 3.8) is 0 Å². The highest BCUT2D eigenvalue weighted by Gasteiger charge is 2.12. The van der Waals surface area contributed by atoms with Crippen molar-refractivity contribution in [3.8, 4) is 22.8 Å². The number of benzene rings is 2. The minimum atomic E-state index is -0.504. The number of fused-ring (bicyclic) bond motifs is 1. The molecule has 0 radical (unpaired) electrons. The molecule has 4 rings (SSSR count). The molecule has 0 aliphatic carbocycles. The van der Waals surface area contributed by atoms with Crippen molar-refractivity contribution < 1.29 is 14.6 Å². The second-order valence-electron chi connectivity index (χ2n) is 6.19. The summed E-state index contributed by atoms with van der Waals surface area (Å²) in [4.78, 5) is 29.0. The van der Waals surface area contributed by atoms with E-state index in [2.05, 4.69) is 4.98 Å². The number of ether oxygens (including phenoxy) is 1. The fraction of sp³-hybridized carbons (Fsp3) is 0.0500. The average Bonchev–Trinajstić information content (AvgIpc) is 3.24. The van der Waals surface area contributed by atoms with Crippen molar-refractivity contribution in [2.24, 2.45) is 5.73 Å². The predicted octanol–water partition coefficient (Wildman–Crippen LogP) is 2.44. The first-order chi connectivity index (χ1) is 13.9. The zero-order chi connectivity index (χ0) is 20.7. The van der Waals surface area contributed by atoms with Gasteiger partial charge in [0, 0.05) is 17.3 Å². The standard InChI is InChI=1S/C20H14ClN3O4S/c1-28-15-7-10(6-13(21)17(15)25)8-16-19(27)24-9-14(23-20(24)29-16)11-2-4-12(5-3-11)18(22)26/h2-9,25H,1H3,(H2,22,26)/b16-8-. The van der Waals surface area contributed by atoms with Crippen LogP contribution in [0.1, 0.15) is 15.9 Å². The van der Waals surface area contributed by atoms with Gasteiger partial charge >= 0.3 is 0 Å². The Morgan fingerprint density at radius 2 is 2.03 bits per heavy atom.